The molecule has 1 aromatic rings. The van der Waals surface area contributed by atoms with Gasteiger partial charge in [-0.1, -0.05) is 0 Å². The molecule has 5 N–H and O–H groups in total. The summed E-state index contributed by atoms with van der Waals surface area (Å²) < 4.78 is 0. The number of rotatable bonds is 1. The van der Waals surface area contributed by atoms with E-state index in [1.807, 2.05) is 0 Å². The summed E-state index contributed by atoms with van der Waals surface area (Å²) in [4.78, 5) is 10.8. The van der Waals surface area contributed by atoms with Gasteiger partial charge in [-0.05, 0) is 0 Å². The molecule has 1 aromatic carbocycles. The van der Waals surface area contributed by atoms with Crippen molar-refractivity contribution in [3.63, 3.8) is 0 Å². The van der Waals surface area contributed by atoms with Crippen LogP contribution in [0.2, 0.25) is 0 Å². The third kappa shape index (κ3) is 1.62. The van der Waals surface area contributed by atoms with Crippen molar-refractivity contribution >= 4 is 5.91 Å². The van der Waals surface area contributed by atoms with E-state index in [2.05, 4.69) is 0 Å². The third-order valence-corrected chi connectivity index (χ3v) is 1.44. The smallest absolute Gasteiger partial charge is 0.278 e. The van der Waals surface area contributed by atoms with Crippen LogP contribution in [0.1, 0.15) is 10.4 Å². The van der Waals surface area contributed by atoms with E-state index in [4.69, 9.17) is 20.5 Å². The first kappa shape index (κ1) is 9.14. The molecule has 0 heterocycles. The fourth-order valence-corrected chi connectivity index (χ4v) is 0.808. The second-order valence-corrected chi connectivity index (χ2v) is 2.30. The fourth-order valence-electron chi connectivity index (χ4n) is 0.808. The Labute approximate surface area is 72.6 Å². The average Bonchev–Trinajstić information content (AvgIpc) is 2.10. The predicted octanol–water partition coefficient (Wildman–Crippen LogP) is -0.0776. The number of carbonyl (C=O) groups excluding carboxylic acids is 1. The van der Waals surface area contributed by atoms with Crippen molar-refractivity contribution in [2.45, 2.75) is 0 Å². The van der Waals surface area contributed by atoms with Gasteiger partial charge in [0.15, 0.2) is 11.5 Å². The van der Waals surface area contributed by atoms with Crippen LogP contribution >= 0.6 is 0 Å². The van der Waals surface area contributed by atoms with Gasteiger partial charge in [-0.2, -0.15) is 0 Å². The predicted molar refractivity (Wildman–Crippen MR) is 40.7 cm³/mol. The van der Waals surface area contributed by atoms with Gasteiger partial charge in [0.2, 0.25) is 0 Å². The lowest BCUT2D eigenvalue weighted by molar-refractivity contribution is 0.0703. The number of hydroxylamine groups is 1. The zero-order valence-electron chi connectivity index (χ0n) is 6.35. The molecule has 0 bridgehead atoms. The summed E-state index contributed by atoms with van der Waals surface area (Å²) >= 11 is 0. The molecule has 1 rings (SSSR count). The van der Waals surface area contributed by atoms with Crippen molar-refractivity contribution in [2.75, 3.05) is 0 Å². The fraction of sp³-hybridized carbons (Fsp3) is 0. The quantitative estimate of drug-likeness (QED) is 0.182. The van der Waals surface area contributed by atoms with Crippen molar-refractivity contribution in [3.05, 3.63) is 17.7 Å². The van der Waals surface area contributed by atoms with Gasteiger partial charge in [0, 0.05) is 12.1 Å². The molecule has 6 nitrogen and oxygen atoms in total. The van der Waals surface area contributed by atoms with E-state index in [0.717, 1.165) is 12.1 Å². The van der Waals surface area contributed by atoms with Gasteiger partial charge < -0.3 is 15.3 Å². The Hall–Kier alpha value is -1.95. The molecule has 0 saturated carbocycles. The lowest BCUT2D eigenvalue weighted by atomic mass is 10.1. The Morgan fingerprint density at radius 1 is 1.08 bits per heavy atom. The van der Waals surface area contributed by atoms with Gasteiger partial charge in [-0.25, -0.2) is 5.48 Å². The maximum atomic E-state index is 10.8. The van der Waals surface area contributed by atoms with Crippen molar-refractivity contribution in [3.8, 4) is 17.2 Å². The van der Waals surface area contributed by atoms with Crippen LogP contribution in [-0.2, 0) is 0 Å². The molecule has 1 amide bonds. The minimum absolute atomic E-state index is 0.335. The molecule has 0 aliphatic rings. The van der Waals surface area contributed by atoms with Gasteiger partial charge in [-0.15, -0.1) is 0 Å². The van der Waals surface area contributed by atoms with Gasteiger partial charge in [0.25, 0.3) is 5.91 Å². The monoisotopic (exact) mass is 185 g/mol. The molecule has 0 spiro atoms. The van der Waals surface area contributed by atoms with E-state index >= 15 is 0 Å². The van der Waals surface area contributed by atoms with Gasteiger partial charge >= 0.3 is 0 Å². The highest BCUT2D eigenvalue weighted by Crippen LogP contribution is 2.31. The number of hydrogen-bond donors (Lipinski definition) is 5. The number of phenols is 3. The molecule has 0 aliphatic heterocycles. The number of aromatic hydroxyl groups is 3. The highest BCUT2D eigenvalue weighted by Gasteiger charge is 2.13. The second-order valence-electron chi connectivity index (χ2n) is 2.30. The van der Waals surface area contributed by atoms with Gasteiger partial charge in [0.1, 0.15) is 5.75 Å². The normalized spacial score (nSPS) is 9.62. The molecule has 70 valence electrons. The largest absolute Gasteiger partial charge is 0.507 e. The molecule has 13 heavy (non-hydrogen) atoms. The van der Waals surface area contributed by atoms with Crippen LogP contribution in [0.5, 0.6) is 17.2 Å². The van der Waals surface area contributed by atoms with Crippen molar-refractivity contribution in [1.29, 1.82) is 0 Å². The molecule has 0 radical (unpaired) electrons. The number of carbonyl (C=O) groups is 1. The summed E-state index contributed by atoms with van der Waals surface area (Å²) in [6.07, 6.45) is 0. The molecule has 0 atom stereocenters. The molecular formula is C7H7NO5. The number of hydrogen-bond acceptors (Lipinski definition) is 5. The Bertz CT molecular complexity index is 349. The SMILES string of the molecule is O=C(NO)c1cc(O)c(O)cc1O. The number of nitrogens with one attached hydrogen (secondary N) is 1. The first-order chi connectivity index (χ1) is 6.06. The first-order valence-electron chi connectivity index (χ1n) is 3.25. The molecule has 0 aliphatic carbocycles. The van der Waals surface area contributed by atoms with Crippen molar-refractivity contribution < 1.29 is 25.3 Å². The molecule has 0 aromatic heterocycles. The average molecular weight is 185 g/mol. The summed E-state index contributed by atoms with van der Waals surface area (Å²) in [5, 5.41) is 35.1. The van der Waals surface area contributed by atoms with Crippen LogP contribution in [-0.4, -0.2) is 26.4 Å². The second kappa shape index (κ2) is 3.20. The number of phenolic OH excluding ortho intramolecular Hbond substituents is 3. The van der Waals surface area contributed by atoms with Crippen LogP contribution in [0.25, 0.3) is 0 Å². The topological polar surface area (TPSA) is 110 Å². The Balaban J connectivity index is 3.23. The number of benzene rings is 1. The summed E-state index contributed by atoms with van der Waals surface area (Å²) in [5.74, 6) is -2.63. The molecule has 6 heteroatoms. The standard InChI is InChI=1S/C7H7NO5/c9-4-2-6(11)5(10)1-3(4)7(12)8-13/h1-2,9-11,13H,(H,8,12). The van der Waals surface area contributed by atoms with E-state index in [9.17, 15) is 4.79 Å². The highest BCUT2D eigenvalue weighted by atomic mass is 16.5. The highest BCUT2D eigenvalue weighted by molar-refractivity contribution is 5.96. The molecule has 0 fully saturated rings. The van der Waals surface area contributed by atoms with Crippen LogP contribution in [0.3, 0.4) is 0 Å². The van der Waals surface area contributed by atoms with Crippen molar-refractivity contribution in [2.24, 2.45) is 0 Å². The van der Waals surface area contributed by atoms with Crippen LogP contribution < -0.4 is 5.48 Å². The minimum Gasteiger partial charge on any atom is -0.507 e. The third-order valence-electron chi connectivity index (χ3n) is 1.44. The van der Waals surface area contributed by atoms with E-state index in [1.54, 1.807) is 0 Å². The lowest BCUT2D eigenvalue weighted by Gasteiger charge is -2.04. The van der Waals surface area contributed by atoms with E-state index in [-0.39, 0.29) is 5.56 Å². The summed E-state index contributed by atoms with van der Waals surface area (Å²) in [7, 11) is 0. The van der Waals surface area contributed by atoms with Crippen LogP contribution in [0.15, 0.2) is 12.1 Å². The minimum atomic E-state index is -0.979. The summed E-state index contributed by atoms with van der Waals surface area (Å²) in [6, 6.07) is 1.62. The van der Waals surface area contributed by atoms with Crippen LogP contribution in [0, 0.1) is 0 Å². The van der Waals surface area contributed by atoms with E-state index in [0.29, 0.717) is 0 Å². The Morgan fingerprint density at radius 2 is 1.62 bits per heavy atom. The van der Waals surface area contributed by atoms with Crippen LogP contribution in [0.4, 0.5) is 0 Å². The molecule has 0 unspecified atom stereocenters. The maximum Gasteiger partial charge on any atom is 0.278 e. The Morgan fingerprint density at radius 3 is 2.15 bits per heavy atom. The molecular weight excluding hydrogens is 178 g/mol. The maximum absolute atomic E-state index is 10.8. The first-order valence-corrected chi connectivity index (χ1v) is 3.25. The Kier molecular flexibility index (Phi) is 2.25. The summed E-state index contributed by atoms with van der Waals surface area (Å²) in [5.41, 5.74) is 0.942. The molecule has 0 saturated heterocycles. The van der Waals surface area contributed by atoms with Crippen molar-refractivity contribution in [1.82, 2.24) is 5.48 Å². The zero-order valence-corrected chi connectivity index (χ0v) is 6.35. The van der Waals surface area contributed by atoms with Gasteiger partial charge in [0.05, 0.1) is 5.56 Å². The zero-order chi connectivity index (χ0) is 10.0. The van der Waals surface area contributed by atoms with Gasteiger partial charge in [-0.3, -0.25) is 10.0 Å². The lowest BCUT2D eigenvalue weighted by Crippen LogP contribution is -2.18. The van der Waals surface area contributed by atoms with E-state index < -0.39 is 23.2 Å². The number of amides is 1. The summed E-state index contributed by atoms with van der Waals surface area (Å²) in [6.45, 7) is 0. The van der Waals surface area contributed by atoms with E-state index in [1.165, 1.54) is 5.48 Å².